The molecular weight excluding hydrogens is 168 g/mol. The van der Waals surface area contributed by atoms with Gasteiger partial charge in [-0.2, -0.15) is 0 Å². The molecule has 0 spiro atoms. The lowest BCUT2D eigenvalue weighted by molar-refractivity contribution is 0.0957. The van der Waals surface area contributed by atoms with Gasteiger partial charge in [0.05, 0.1) is 12.1 Å². The zero-order valence-electron chi connectivity index (χ0n) is 7.04. The summed E-state index contributed by atoms with van der Waals surface area (Å²) in [7, 11) is 0. The van der Waals surface area contributed by atoms with Crippen molar-refractivity contribution in [2.45, 2.75) is 0 Å². The molecule has 1 aliphatic heterocycles. The zero-order chi connectivity index (χ0) is 9.26. The number of nitrogens with two attached hydrogens (primary N) is 1. The topological polar surface area (TPSA) is 64.3 Å². The van der Waals surface area contributed by atoms with Crippen LogP contribution < -0.4 is 15.8 Å². The Balaban J connectivity index is 2.48. The van der Waals surface area contributed by atoms with E-state index < -0.39 is 0 Å². The summed E-state index contributed by atoms with van der Waals surface area (Å²) >= 11 is 0. The van der Waals surface area contributed by atoms with Gasteiger partial charge in [0.2, 0.25) is 0 Å². The molecule has 0 saturated heterocycles. The van der Waals surface area contributed by atoms with Gasteiger partial charge in [0.15, 0.2) is 0 Å². The Labute approximate surface area is 75.7 Å². The molecule has 0 radical (unpaired) electrons. The molecule has 1 aliphatic rings. The Morgan fingerprint density at radius 1 is 1.46 bits per heavy atom. The van der Waals surface area contributed by atoms with Gasteiger partial charge >= 0.3 is 0 Å². The molecule has 1 aromatic carbocycles. The maximum Gasteiger partial charge on any atom is 0.255 e. The van der Waals surface area contributed by atoms with Gasteiger partial charge in [0, 0.05) is 11.8 Å². The molecule has 0 aliphatic carbocycles. The van der Waals surface area contributed by atoms with Crippen LogP contribution in [0.5, 0.6) is 5.75 Å². The normalized spacial score (nSPS) is 15.2. The largest absolute Gasteiger partial charge is 0.491 e. The fourth-order valence-electron chi connectivity index (χ4n) is 1.27. The summed E-state index contributed by atoms with van der Waals surface area (Å²) in [5, 5.41) is 2.72. The summed E-state index contributed by atoms with van der Waals surface area (Å²) in [6.07, 6.45) is 0. The Kier molecular flexibility index (Phi) is 1.81. The highest BCUT2D eigenvalue weighted by Crippen LogP contribution is 2.22. The lowest BCUT2D eigenvalue weighted by atomic mass is 10.1. The number of carbonyl (C=O) groups is 1. The molecule has 0 aromatic heterocycles. The van der Waals surface area contributed by atoms with E-state index in [2.05, 4.69) is 5.32 Å². The van der Waals surface area contributed by atoms with Crippen molar-refractivity contribution in [2.75, 3.05) is 18.9 Å². The molecule has 0 atom stereocenters. The van der Waals surface area contributed by atoms with Crippen molar-refractivity contribution in [3.05, 3.63) is 23.8 Å². The van der Waals surface area contributed by atoms with E-state index in [1.54, 1.807) is 18.2 Å². The number of benzene rings is 1. The third kappa shape index (κ3) is 1.42. The number of ether oxygens (including phenoxy) is 1. The van der Waals surface area contributed by atoms with Crippen LogP contribution in [0, 0.1) is 0 Å². The van der Waals surface area contributed by atoms with Crippen molar-refractivity contribution in [1.29, 1.82) is 0 Å². The Hall–Kier alpha value is -1.71. The Bertz CT molecular complexity index is 349. The Morgan fingerprint density at radius 3 is 3.15 bits per heavy atom. The number of rotatable bonds is 0. The van der Waals surface area contributed by atoms with E-state index in [9.17, 15) is 4.79 Å². The van der Waals surface area contributed by atoms with Crippen LogP contribution in [0.1, 0.15) is 10.4 Å². The van der Waals surface area contributed by atoms with E-state index >= 15 is 0 Å². The first-order valence-electron chi connectivity index (χ1n) is 4.08. The summed E-state index contributed by atoms with van der Waals surface area (Å²) in [6.45, 7) is 1.02. The average Bonchev–Trinajstić information content (AvgIpc) is 2.28. The summed E-state index contributed by atoms with van der Waals surface area (Å²) < 4.78 is 5.34. The highest BCUT2D eigenvalue weighted by atomic mass is 16.5. The van der Waals surface area contributed by atoms with Crippen LogP contribution in [-0.4, -0.2) is 19.1 Å². The van der Waals surface area contributed by atoms with E-state index in [0.717, 1.165) is 0 Å². The number of fused-ring (bicyclic) bond motifs is 1. The van der Waals surface area contributed by atoms with Gasteiger partial charge < -0.3 is 15.8 Å². The van der Waals surface area contributed by atoms with E-state index in [0.29, 0.717) is 30.2 Å². The maximum atomic E-state index is 11.4. The van der Waals surface area contributed by atoms with Gasteiger partial charge in [0.25, 0.3) is 5.91 Å². The molecule has 68 valence electrons. The second-order valence-corrected chi connectivity index (χ2v) is 2.86. The third-order valence-corrected chi connectivity index (χ3v) is 1.90. The monoisotopic (exact) mass is 178 g/mol. The van der Waals surface area contributed by atoms with Crippen LogP contribution >= 0.6 is 0 Å². The molecule has 1 amide bonds. The second kappa shape index (κ2) is 2.97. The molecule has 0 fully saturated rings. The lowest BCUT2D eigenvalue weighted by Crippen LogP contribution is -2.24. The minimum Gasteiger partial charge on any atom is -0.491 e. The van der Waals surface area contributed by atoms with Gasteiger partial charge in [-0.3, -0.25) is 4.79 Å². The summed E-state index contributed by atoms with van der Waals surface area (Å²) in [6, 6.07) is 5.03. The minimum absolute atomic E-state index is 0.104. The van der Waals surface area contributed by atoms with Crippen molar-refractivity contribution in [2.24, 2.45) is 0 Å². The Morgan fingerprint density at radius 2 is 2.31 bits per heavy atom. The predicted octanol–water partition coefficient (Wildman–Crippen LogP) is 0.391. The standard InChI is InChI=1S/C9H10N2O2/c10-6-1-2-7-8(5-6)13-4-3-11-9(7)12/h1-2,5H,3-4,10H2,(H,11,12). The molecular formula is C9H10N2O2. The van der Waals surface area contributed by atoms with Gasteiger partial charge in [0.1, 0.15) is 12.4 Å². The first-order valence-corrected chi connectivity index (χ1v) is 4.08. The van der Waals surface area contributed by atoms with Crippen LogP contribution in [-0.2, 0) is 0 Å². The summed E-state index contributed by atoms with van der Waals surface area (Å²) in [5.74, 6) is 0.461. The van der Waals surface area contributed by atoms with Crippen LogP contribution in [0.15, 0.2) is 18.2 Å². The number of carbonyl (C=O) groups excluding carboxylic acids is 1. The van der Waals surface area contributed by atoms with Crippen LogP contribution in [0.3, 0.4) is 0 Å². The number of nitrogens with one attached hydrogen (secondary N) is 1. The molecule has 1 heterocycles. The smallest absolute Gasteiger partial charge is 0.255 e. The van der Waals surface area contributed by atoms with E-state index in [-0.39, 0.29) is 5.91 Å². The van der Waals surface area contributed by atoms with E-state index in [1.165, 1.54) is 0 Å². The molecule has 4 nitrogen and oxygen atoms in total. The lowest BCUT2D eigenvalue weighted by Gasteiger charge is -2.05. The number of hydrogen-bond acceptors (Lipinski definition) is 3. The van der Waals surface area contributed by atoms with Crippen LogP contribution in [0.2, 0.25) is 0 Å². The van der Waals surface area contributed by atoms with E-state index in [1.807, 2.05) is 0 Å². The fraction of sp³-hybridized carbons (Fsp3) is 0.222. The quantitative estimate of drug-likeness (QED) is 0.565. The summed E-state index contributed by atoms with van der Waals surface area (Å²) in [4.78, 5) is 11.4. The molecule has 3 N–H and O–H groups in total. The minimum atomic E-state index is -0.104. The molecule has 1 aromatic rings. The number of hydrogen-bond donors (Lipinski definition) is 2. The third-order valence-electron chi connectivity index (χ3n) is 1.90. The van der Waals surface area contributed by atoms with Crippen molar-refractivity contribution in [3.63, 3.8) is 0 Å². The molecule has 2 rings (SSSR count). The van der Waals surface area contributed by atoms with Gasteiger partial charge in [-0.1, -0.05) is 0 Å². The van der Waals surface area contributed by atoms with Crippen LogP contribution in [0.25, 0.3) is 0 Å². The molecule has 0 saturated carbocycles. The fourth-order valence-corrected chi connectivity index (χ4v) is 1.27. The highest BCUT2D eigenvalue weighted by molar-refractivity contribution is 5.97. The van der Waals surface area contributed by atoms with Gasteiger partial charge in [-0.05, 0) is 12.1 Å². The first kappa shape index (κ1) is 7.91. The van der Waals surface area contributed by atoms with Crippen molar-refractivity contribution < 1.29 is 9.53 Å². The number of nitrogen functional groups attached to an aromatic ring is 1. The molecule has 0 unspecified atom stereocenters. The predicted molar refractivity (Wildman–Crippen MR) is 48.7 cm³/mol. The van der Waals surface area contributed by atoms with Crippen LogP contribution in [0.4, 0.5) is 5.69 Å². The van der Waals surface area contributed by atoms with Gasteiger partial charge in [-0.25, -0.2) is 0 Å². The second-order valence-electron chi connectivity index (χ2n) is 2.86. The number of amides is 1. The SMILES string of the molecule is Nc1ccc2c(c1)OCCNC2=O. The molecule has 0 bridgehead atoms. The number of anilines is 1. The van der Waals surface area contributed by atoms with Gasteiger partial charge in [-0.15, -0.1) is 0 Å². The highest BCUT2D eigenvalue weighted by Gasteiger charge is 2.15. The van der Waals surface area contributed by atoms with Crippen molar-refractivity contribution >= 4 is 11.6 Å². The molecule has 4 heteroatoms. The van der Waals surface area contributed by atoms with Crippen molar-refractivity contribution in [3.8, 4) is 5.75 Å². The molecule has 13 heavy (non-hydrogen) atoms. The summed E-state index contributed by atoms with van der Waals surface area (Å²) in [5.41, 5.74) is 6.72. The van der Waals surface area contributed by atoms with E-state index in [4.69, 9.17) is 10.5 Å². The average molecular weight is 178 g/mol. The zero-order valence-corrected chi connectivity index (χ0v) is 7.04. The maximum absolute atomic E-state index is 11.4. The van der Waals surface area contributed by atoms with Crippen molar-refractivity contribution in [1.82, 2.24) is 5.32 Å². The first-order chi connectivity index (χ1) is 6.27.